The second-order valence-electron chi connectivity index (χ2n) is 9.12. The van der Waals surface area contributed by atoms with Crippen LogP contribution >= 0.6 is 0 Å². The minimum atomic E-state index is -0.364. The molecule has 0 amide bonds. The molecule has 1 N–H and O–H groups in total. The SMILES string of the molecule is CC=CCc1nn(C(=O)C2CCCCC2)c(=O)n1Cc1ccc(-c2ccccc2-c2nn[nH]n2)cc1. The largest absolute Gasteiger partial charge is 0.353 e. The summed E-state index contributed by atoms with van der Waals surface area (Å²) < 4.78 is 2.72. The lowest BCUT2D eigenvalue weighted by molar-refractivity contribution is 0.0778. The van der Waals surface area contributed by atoms with Crippen molar-refractivity contribution in [3.8, 4) is 22.5 Å². The van der Waals surface area contributed by atoms with Crippen LogP contribution in [-0.4, -0.2) is 40.9 Å². The molecule has 9 heteroatoms. The fraction of sp³-hybridized carbons (Fsp3) is 0.333. The number of rotatable bonds is 7. The van der Waals surface area contributed by atoms with E-state index in [9.17, 15) is 9.59 Å². The van der Waals surface area contributed by atoms with Gasteiger partial charge in [-0.1, -0.05) is 79.9 Å². The zero-order valence-electron chi connectivity index (χ0n) is 20.3. The molecule has 9 nitrogen and oxygen atoms in total. The van der Waals surface area contributed by atoms with Crippen LogP contribution in [0.5, 0.6) is 0 Å². The number of nitrogens with one attached hydrogen (secondary N) is 1. The number of hydrogen-bond acceptors (Lipinski definition) is 6. The van der Waals surface area contributed by atoms with Crippen LogP contribution < -0.4 is 5.69 Å². The van der Waals surface area contributed by atoms with Crippen molar-refractivity contribution in [2.24, 2.45) is 5.92 Å². The van der Waals surface area contributed by atoms with E-state index in [1.165, 1.54) is 0 Å². The first kappa shape index (κ1) is 23.6. The summed E-state index contributed by atoms with van der Waals surface area (Å²) in [5, 5.41) is 18.9. The van der Waals surface area contributed by atoms with E-state index < -0.39 is 0 Å². The van der Waals surface area contributed by atoms with Crippen molar-refractivity contribution < 1.29 is 4.79 Å². The Labute approximate surface area is 208 Å². The average Bonchev–Trinajstić information content (AvgIpc) is 3.57. The lowest BCUT2D eigenvalue weighted by Gasteiger charge is -2.19. The van der Waals surface area contributed by atoms with E-state index >= 15 is 0 Å². The summed E-state index contributed by atoms with van der Waals surface area (Å²) in [6.45, 7) is 2.27. The van der Waals surface area contributed by atoms with Crippen LogP contribution in [0.25, 0.3) is 22.5 Å². The predicted molar refractivity (Wildman–Crippen MR) is 136 cm³/mol. The van der Waals surface area contributed by atoms with Gasteiger partial charge < -0.3 is 0 Å². The van der Waals surface area contributed by atoms with Crippen molar-refractivity contribution in [3.63, 3.8) is 0 Å². The maximum Gasteiger partial charge on any atom is 0.353 e. The molecule has 4 aromatic rings. The summed E-state index contributed by atoms with van der Waals surface area (Å²) in [6.07, 6.45) is 9.23. The first-order valence-corrected chi connectivity index (χ1v) is 12.4. The van der Waals surface area contributed by atoms with E-state index in [2.05, 4.69) is 25.7 Å². The molecule has 2 heterocycles. The molecular weight excluding hydrogens is 454 g/mol. The average molecular weight is 484 g/mol. The van der Waals surface area contributed by atoms with Gasteiger partial charge in [-0.3, -0.25) is 9.36 Å². The van der Waals surface area contributed by atoms with Gasteiger partial charge in [-0.15, -0.1) is 20.0 Å². The van der Waals surface area contributed by atoms with Crippen LogP contribution in [0.3, 0.4) is 0 Å². The third-order valence-corrected chi connectivity index (χ3v) is 6.76. The normalized spacial score (nSPS) is 14.5. The quantitative estimate of drug-likeness (QED) is 0.393. The lowest BCUT2D eigenvalue weighted by atomic mass is 9.89. The topological polar surface area (TPSA) is 111 Å². The lowest BCUT2D eigenvalue weighted by Crippen LogP contribution is -2.35. The van der Waals surface area contributed by atoms with Gasteiger partial charge in [0.1, 0.15) is 5.82 Å². The minimum absolute atomic E-state index is 0.118. The van der Waals surface area contributed by atoms with Gasteiger partial charge >= 0.3 is 5.69 Å². The molecule has 184 valence electrons. The number of nitrogens with zero attached hydrogens (tertiary/aromatic N) is 6. The van der Waals surface area contributed by atoms with Gasteiger partial charge in [0.15, 0.2) is 0 Å². The van der Waals surface area contributed by atoms with Gasteiger partial charge in [0.25, 0.3) is 5.91 Å². The van der Waals surface area contributed by atoms with Crippen LogP contribution in [0.1, 0.15) is 55.2 Å². The maximum absolute atomic E-state index is 13.3. The summed E-state index contributed by atoms with van der Waals surface area (Å²) in [4.78, 5) is 26.4. The van der Waals surface area contributed by atoms with Crippen molar-refractivity contribution in [1.82, 2.24) is 35.0 Å². The molecule has 1 fully saturated rings. The molecule has 1 saturated carbocycles. The second kappa shape index (κ2) is 10.6. The van der Waals surface area contributed by atoms with Crippen molar-refractivity contribution >= 4 is 5.91 Å². The van der Waals surface area contributed by atoms with Gasteiger partial charge in [0.05, 0.1) is 6.54 Å². The number of carbonyl (C=O) groups is 1. The Kier molecular flexibility index (Phi) is 6.97. The zero-order chi connectivity index (χ0) is 24.9. The highest BCUT2D eigenvalue weighted by atomic mass is 16.2. The fourth-order valence-electron chi connectivity index (χ4n) is 4.81. The van der Waals surface area contributed by atoms with Crippen molar-refractivity contribution in [3.05, 3.63) is 82.6 Å². The number of aromatic nitrogens is 7. The van der Waals surface area contributed by atoms with Crippen LogP contribution in [0.2, 0.25) is 0 Å². The molecule has 1 aliphatic rings. The highest BCUT2D eigenvalue weighted by Gasteiger charge is 2.27. The van der Waals surface area contributed by atoms with E-state index in [4.69, 9.17) is 0 Å². The first-order valence-electron chi connectivity index (χ1n) is 12.4. The monoisotopic (exact) mass is 483 g/mol. The number of hydrogen-bond donors (Lipinski definition) is 1. The fourth-order valence-corrected chi connectivity index (χ4v) is 4.81. The number of benzene rings is 2. The highest BCUT2D eigenvalue weighted by molar-refractivity contribution is 5.81. The number of tetrazole rings is 1. The smallest absolute Gasteiger partial charge is 0.274 e. The van der Waals surface area contributed by atoms with Gasteiger partial charge in [-0.2, -0.15) is 5.21 Å². The molecule has 0 aliphatic heterocycles. The molecule has 0 saturated heterocycles. The number of H-pyrrole nitrogens is 1. The van der Waals surface area contributed by atoms with E-state index in [0.29, 0.717) is 24.6 Å². The third kappa shape index (κ3) is 4.82. The van der Waals surface area contributed by atoms with Gasteiger partial charge in [0, 0.05) is 17.9 Å². The Morgan fingerprint density at radius 2 is 1.81 bits per heavy atom. The Bertz CT molecular complexity index is 1410. The molecule has 0 bridgehead atoms. The zero-order valence-corrected chi connectivity index (χ0v) is 20.3. The molecule has 1 aliphatic carbocycles. The molecule has 5 rings (SSSR count). The van der Waals surface area contributed by atoms with Gasteiger partial charge in [-0.25, -0.2) is 4.79 Å². The van der Waals surface area contributed by atoms with E-state index in [1.807, 2.05) is 67.6 Å². The molecule has 36 heavy (non-hydrogen) atoms. The van der Waals surface area contributed by atoms with Crippen LogP contribution in [0, 0.1) is 5.92 Å². The second-order valence-corrected chi connectivity index (χ2v) is 9.12. The van der Waals surface area contributed by atoms with Crippen LogP contribution in [0.4, 0.5) is 0 Å². The summed E-state index contributed by atoms with van der Waals surface area (Å²) >= 11 is 0. The van der Waals surface area contributed by atoms with E-state index in [-0.39, 0.29) is 17.5 Å². The number of allylic oxidation sites excluding steroid dienone is 2. The van der Waals surface area contributed by atoms with E-state index in [0.717, 1.165) is 59.0 Å². The molecule has 2 aromatic carbocycles. The maximum atomic E-state index is 13.3. The third-order valence-electron chi connectivity index (χ3n) is 6.76. The van der Waals surface area contributed by atoms with Crippen molar-refractivity contribution in [1.29, 1.82) is 0 Å². The number of carbonyl (C=O) groups excluding carboxylic acids is 1. The molecular formula is C27H29N7O2. The Balaban J connectivity index is 1.43. The Morgan fingerprint density at radius 3 is 2.50 bits per heavy atom. The summed E-state index contributed by atoms with van der Waals surface area (Å²) in [6, 6.07) is 15.9. The molecule has 0 radical (unpaired) electrons. The standard InChI is InChI=1S/C27H29N7O2/c1-2-3-13-24-30-34(26(35)21-9-5-4-6-10-21)27(36)33(24)18-19-14-16-20(17-15-19)22-11-7-8-12-23(22)25-28-31-32-29-25/h2-3,7-8,11-12,14-17,21H,4-6,9-10,13,18H2,1H3,(H,28,29,31,32). The summed E-state index contributed by atoms with van der Waals surface area (Å²) in [5.41, 5.74) is 3.46. The Morgan fingerprint density at radius 1 is 1.06 bits per heavy atom. The molecule has 0 atom stereocenters. The van der Waals surface area contributed by atoms with Crippen molar-refractivity contribution in [2.45, 2.75) is 52.0 Å². The Hall–Kier alpha value is -4.14. The van der Waals surface area contributed by atoms with E-state index in [1.54, 1.807) is 4.57 Å². The van der Waals surface area contributed by atoms with Gasteiger partial charge in [-0.05, 0) is 41.7 Å². The minimum Gasteiger partial charge on any atom is -0.274 e. The predicted octanol–water partition coefficient (Wildman–Crippen LogP) is 4.28. The van der Waals surface area contributed by atoms with Gasteiger partial charge in [0.2, 0.25) is 5.82 Å². The van der Waals surface area contributed by atoms with Crippen LogP contribution in [-0.2, 0) is 13.0 Å². The molecule has 0 spiro atoms. The summed E-state index contributed by atoms with van der Waals surface area (Å²) in [5.74, 6) is 0.834. The number of aromatic amines is 1. The summed E-state index contributed by atoms with van der Waals surface area (Å²) in [7, 11) is 0. The molecule has 2 aromatic heterocycles. The van der Waals surface area contributed by atoms with Crippen LogP contribution in [0.15, 0.2) is 65.5 Å². The highest BCUT2D eigenvalue weighted by Crippen LogP contribution is 2.30. The van der Waals surface area contributed by atoms with Crippen molar-refractivity contribution in [2.75, 3.05) is 0 Å². The molecule has 0 unspecified atom stereocenters. The first-order chi connectivity index (χ1) is 17.7.